The molecule has 1 amide bonds. The molecule has 2 fully saturated rings. The molecule has 2 aromatic rings. The summed E-state index contributed by atoms with van der Waals surface area (Å²) in [7, 11) is 0. The number of para-hydroxylation sites is 1. The maximum Gasteiger partial charge on any atom is 0.490 e. The average molecular weight is 438 g/mol. The molecule has 1 aromatic carbocycles. The van der Waals surface area contributed by atoms with Gasteiger partial charge in [0.2, 0.25) is 5.91 Å². The van der Waals surface area contributed by atoms with Gasteiger partial charge in [-0.05, 0) is 50.2 Å². The number of carbonyl (C=O) groups excluding carboxylic acids is 1. The number of likely N-dealkylation sites (tertiary alicyclic amines) is 1. The molecule has 0 bridgehead atoms. The number of carboxylic acid groups (broad SMARTS) is 1. The van der Waals surface area contributed by atoms with E-state index < -0.39 is 12.1 Å². The number of amides is 1. The Balaban J connectivity index is 0.000000339. The molecule has 2 saturated heterocycles. The summed E-state index contributed by atoms with van der Waals surface area (Å²) in [4.78, 5) is 26.0. The van der Waals surface area contributed by atoms with Gasteiger partial charge in [-0.1, -0.05) is 25.1 Å². The van der Waals surface area contributed by atoms with Crippen LogP contribution in [0.15, 0.2) is 46.9 Å². The largest absolute Gasteiger partial charge is 0.490 e. The number of hydrogen-bond donors (Lipinski definition) is 1. The van der Waals surface area contributed by atoms with Gasteiger partial charge in [-0.25, -0.2) is 4.79 Å². The predicted octanol–water partition coefficient (Wildman–Crippen LogP) is 4.10. The van der Waals surface area contributed by atoms with Gasteiger partial charge in [0.25, 0.3) is 0 Å². The van der Waals surface area contributed by atoms with Crippen LogP contribution in [0.4, 0.5) is 18.9 Å². The molecule has 1 aromatic heterocycles. The second-order valence-corrected chi connectivity index (χ2v) is 7.81. The minimum absolute atomic E-state index is 0.121. The summed E-state index contributed by atoms with van der Waals surface area (Å²) < 4.78 is 37.5. The van der Waals surface area contributed by atoms with Crippen molar-refractivity contribution in [2.45, 2.75) is 38.9 Å². The van der Waals surface area contributed by atoms with E-state index in [0.717, 1.165) is 62.6 Å². The van der Waals surface area contributed by atoms with Crippen molar-refractivity contribution in [1.29, 1.82) is 0 Å². The first-order valence-corrected chi connectivity index (χ1v) is 10.1. The van der Waals surface area contributed by atoms with Crippen molar-refractivity contribution in [2.75, 3.05) is 24.5 Å². The molecule has 1 N–H and O–H groups in total. The second-order valence-electron chi connectivity index (χ2n) is 7.81. The lowest BCUT2D eigenvalue weighted by atomic mass is 9.71. The van der Waals surface area contributed by atoms with E-state index in [4.69, 9.17) is 14.3 Å². The van der Waals surface area contributed by atoms with E-state index in [-0.39, 0.29) is 5.41 Å². The molecular weight excluding hydrogens is 413 g/mol. The molecule has 0 unspecified atom stereocenters. The van der Waals surface area contributed by atoms with Crippen LogP contribution in [0.1, 0.15) is 31.3 Å². The van der Waals surface area contributed by atoms with Gasteiger partial charge < -0.3 is 14.4 Å². The second kappa shape index (κ2) is 9.13. The number of benzene rings is 1. The highest BCUT2D eigenvalue weighted by Crippen LogP contribution is 2.44. The Morgan fingerprint density at radius 1 is 1.10 bits per heavy atom. The van der Waals surface area contributed by atoms with Crippen molar-refractivity contribution in [3.63, 3.8) is 0 Å². The van der Waals surface area contributed by atoms with Gasteiger partial charge in [0, 0.05) is 18.7 Å². The number of alkyl halides is 3. The number of hydrogen-bond acceptors (Lipinski definition) is 4. The summed E-state index contributed by atoms with van der Waals surface area (Å²) in [6.07, 6.45) is -2.24. The van der Waals surface area contributed by atoms with Gasteiger partial charge in [-0.15, -0.1) is 0 Å². The maximum absolute atomic E-state index is 12.7. The van der Waals surface area contributed by atoms with E-state index in [9.17, 15) is 18.0 Å². The molecule has 9 heteroatoms. The van der Waals surface area contributed by atoms with Crippen LogP contribution in [0.3, 0.4) is 0 Å². The highest BCUT2D eigenvalue weighted by molar-refractivity contribution is 6.04. The van der Waals surface area contributed by atoms with Crippen LogP contribution in [0.5, 0.6) is 0 Å². The summed E-state index contributed by atoms with van der Waals surface area (Å²) in [5.74, 6) is -0.369. The Morgan fingerprint density at radius 3 is 2.16 bits per heavy atom. The molecule has 0 saturated carbocycles. The molecule has 168 valence electrons. The molecule has 3 heterocycles. The predicted molar refractivity (Wildman–Crippen MR) is 108 cm³/mol. The van der Waals surface area contributed by atoms with Crippen LogP contribution in [-0.4, -0.2) is 47.7 Å². The first-order chi connectivity index (χ1) is 14.6. The van der Waals surface area contributed by atoms with Crippen LogP contribution in [0, 0.1) is 5.41 Å². The first-order valence-electron chi connectivity index (χ1n) is 10.1. The number of furan rings is 1. The minimum Gasteiger partial charge on any atom is -0.475 e. The molecule has 6 nitrogen and oxygen atoms in total. The Hall–Kier alpha value is -2.81. The van der Waals surface area contributed by atoms with E-state index in [2.05, 4.69) is 24.0 Å². The van der Waals surface area contributed by atoms with Crippen molar-refractivity contribution in [1.82, 2.24) is 4.90 Å². The number of piperidine rings is 1. The number of β-lactam (4-membered cyclic amide) rings is 1. The molecule has 4 rings (SSSR count). The summed E-state index contributed by atoms with van der Waals surface area (Å²) in [6.45, 7) is 5.76. The zero-order valence-corrected chi connectivity index (χ0v) is 17.2. The standard InChI is InChI=1S/C20H24N2O2.C2HF3O2/c1-2-17-8-9-18(24-17)14-21-12-10-20(11-13-21)15-22(19(20)23)16-6-4-3-5-7-16;3-2(4,5)1(6)7/h3-9H,2,10-15H2,1H3;(H,6,7). The molecule has 2 aliphatic rings. The van der Waals surface area contributed by atoms with Crippen LogP contribution in [0.25, 0.3) is 0 Å². The van der Waals surface area contributed by atoms with E-state index in [0.29, 0.717) is 5.91 Å². The maximum atomic E-state index is 12.7. The van der Waals surface area contributed by atoms with Gasteiger partial charge in [0.05, 0.1) is 12.0 Å². The number of aliphatic carboxylic acids is 1. The number of aryl methyl sites for hydroxylation is 1. The Morgan fingerprint density at radius 2 is 1.68 bits per heavy atom. The first kappa shape index (κ1) is 22.9. The third-order valence-electron chi connectivity index (χ3n) is 5.73. The highest BCUT2D eigenvalue weighted by Gasteiger charge is 2.53. The quantitative estimate of drug-likeness (QED) is 0.728. The fraction of sp³-hybridized carbons (Fsp3) is 0.455. The monoisotopic (exact) mass is 438 g/mol. The molecule has 1 spiro atoms. The fourth-order valence-electron chi connectivity index (χ4n) is 3.88. The lowest BCUT2D eigenvalue weighted by Gasteiger charge is -2.52. The van der Waals surface area contributed by atoms with Gasteiger partial charge in [0.1, 0.15) is 11.5 Å². The van der Waals surface area contributed by atoms with E-state index in [1.165, 1.54) is 0 Å². The summed E-state index contributed by atoms with van der Waals surface area (Å²) >= 11 is 0. The molecule has 31 heavy (non-hydrogen) atoms. The van der Waals surface area contributed by atoms with Crippen LogP contribution in [0.2, 0.25) is 0 Å². The van der Waals surface area contributed by atoms with Crippen LogP contribution < -0.4 is 4.90 Å². The third-order valence-corrected chi connectivity index (χ3v) is 5.73. The van der Waals surface area contributed by atoms with Gasteiger partial charge >= 0.3 is 12.1 Å². The third kappa shape index (κ3) is 5.28. The smallest absolute Gasteiger partial charge is 0.475 e. The number of halogens is 3. The Bertz CT molecular complexity index is 903. The summed E-state index contributed by atoms with van der Waals surface area (Å²) in [5, 5.41) is 7.12. The van der Waals surface area contributed by atoms with Gasteiger partial charge in [0.15, 0.2) is 0 Å². The van der Waals surface area contributed by atoms with Crippen LogP contribution in [-0.2, 0) is 22.6 Å². The van der Waals surface area contributed by atoms with Crippen molar-refractivity contribution in [3.8, 4) is 0 Å². The van der Waals surface area contributed by atoms with Crippen LogP contribution >= 0.6 is 0 Å². The van der Waals surface area contributed by atoms with Crippen molar-refractivity contribution in [2.24, 2.45) is 5.41 Å². The normalized spacial score (nSPS) is 18.3. The van der Waals surface area contributed by atoms with Gasteiger partial charge in [-0.3, -0.25) is 9.69 Å². The topological polar surface area (TPSA) is 74.0 Å². The molecular formula is C22H25F3N2O4. The Labute approximate surface area is 178 Å². The Kier molecular flexibility index (Phi) is 6.74. The SMILES string of the molecule is CCc1ccc(CN2CCC3(CC2)CN(c2ccccc2)C3=O)o1.O=C(O)C(F)(F)F. The summed E-state index contributed by atoms with van der Waals surface area (Å²) in [5.41, 5.74) is 0.905. The molecule has 0 atom stereocenters. The zero-order chi connectivity index (χ0) is 22.6. The fourth-order valence-corrected chi connectivity index (χ4v) is 3.88. The number of rotatable bonds is 4. The number of nitrogens with zero attached hydrogens (tertiary/aromatic N) is 2. The number of carboxylic acids is 1. The number of carbonyl (C=O) groups is 2. The average Bonchev–Trinajstić information content (AvgIpc) is 3.21. The zero-order valence-electron chi connectivity index (χ0n) is 17.2. The summed E-state index contributed by atoms with van der Waals surface area (Å²) in [6, 6.07) is 14.1. The van der Waals surface area contributed by atoms with E-state index in [1.54, 1.807) is 0 Å². The van der Waals surface area contributed by atoms with Crippen molar-refractivity contribution in [3.05, 3.63) is 54.0 Å². The molecule has 0 radical (unpaired) electrons. The molecule has 2 aliphatic heterocycles. The van der Waals surface area contributed by atoms with Gasteiger partial charge in [-0.2, -0.15) is 13.2 Å². The lowest BCUT2D eigenvalue weighted by molar-refractivity contribution is -0.192. The highest BCUT2D eigenvalue weighted by atomic mass is 19.4. The number of anilines is 1. The molecule has 0 aliphatic carbocycles. The van der Waals surface area contributed by atoms with E-state index >= 15 is 0 Å². The lowest BCUT2D eigenvalue weighted by Crippen LogP contribution is -2.64. The van der Waals surface area contributed by atoms with E-state index in [1.807, 2.05) is 35.2 Å². The minimum atomic E-state index is -5.08. The van der Waals surface area contributed by atoms with Crippen molar-refractivity contribution < 1.29 is 32.3 Å². The van der Waals surface area contributed by atoms with Crippen molar-refractivity contribution >= 4 is 17.6 Å².